The van der Waals surface area contributed by atoms with Crippen molar-refractivity contribution >= 4 is 23.1 Å². The van der Waals surface area contributed by atoms with E-state index in [0.29, 0.717) is 6.04 Å². The summed E-state index contributed by atoms with van der Waals surface area (Å²) in [6.45, 7) is 5.45. The summed E-state index contributed by atoms with van der Waals surface area (Å²) in [5.74, 6) is 1.24. The molecule has 108 valence electrons. The number of rotatable bonds is 8. The summed E-state index contributed by atoms with van der Waals surface area (Å²) in [6.07, 6.45) is 8.04. The minimum Gasteiger partial charge on any atom is -0.313 e. The molecule has 1 aromatic heterocycles. The molecule has 0 spiro atoms. The number of thioether (sulfide) groups is 1. The number of nitrogens with zero attached hydrogens (tertiary/aromatic N) is 1. The van der Waals surface area contributed by atoms with E-state index >= 15 is 0 Å². The molecule has 1 heterocycles. The fourth-order valence-corrected chi connectivity index (χ4v) is 4.63. The van der Waals surface area contributed by atoms with Crippen molar-refractivity contribution in [3.63, 3.8) is 0 Å². The number of nitrogens with one attached hydrogen (secondary N) is 1. The molecule has 1 aromatic rings. The number of hydrogen-bond acceptors (Lipinski definition) is 4. The molecule has 0 aliphatic heterocycles. The first-order valence-corrected chi connectivity index (χ1v) is 9.46. The Kier molecular flexibility index (Phi) is 6.68. The van der Waals surface area contributed by atoms with Crippen molar-refractivity contribution in [1.82, 2.24) is 10.3 Å². The maximum absolute atomic E-state index is 4.61. The van der Waals surface area contributed by atoms with E-state index in [-0.39, 0.29) is 0 Å². The summed E-state index contributed by atoms with van der Waals surface area (Å²) in [5, 5.41) is 8.02. The molecule has 0 saturated heterocycles. The van der Waals surface area contributed by atoms with Crippen molar-refractivity contribution < 1.29 is 0 Å². The second-order valence-electron chi connectivity index (χ2n) is 5.45. The number of hydrogen-bond donors (Lipinski definition) is 1. The van der Waals surface area contributed by atoms with Gasteiger partial charge in [-0.1, -0.05) is 19.8 Å². The van der Waals surface area contributed by atoms with Gasteiger partial charge in [-0.05, 0) is 32.7 Å². The zero-order valence-corrected chi connectivity index (χ0v) is 13.8. The van der Waals surface area contributed by atoms with Crippen LogP contribution in [0.2, 0.25) is 0 Å². The van der Waals surface area contributed by atoms with Crippen molar-refractivity contribution in [3.05, 3.63) is 16.1 Å². The molecule has 1 saturated carbocycles. The molecule has 1 aliphatic carbocycles. The van der Waals surface area contributed by atoms with Crippen LogP contribution in [-0.4, -0.2) is 28.6 Å². The van der Waals surface area contributed by atoms with E-state index in [9.17, 15) is 0 Å². The highest BCUT2D eigenvalue weighted by atomic mass is 32.2. The van der Waals surface area contributed by atoms with Gasteiger partial charge in [0, 0.05) is 28.8 Å². The van der Waals surface area contributed by atoms with Gasteiger partial charge in [-0.2, -0.15) is 11.8 Å². The lowest BCUT2D eigenvalue weighted by atomic mass is 10.2. The van der Waals surface area contributed by atoms with Gasteiger partial charge in [0.15, 0.2) is 0 Å². The van der Waals surface area contributed by atoms with Crippen molar-refractivity contribution in [2.45, 2.75) is 63.7 Å². The molecule has 0 aromatic carbocycles. The van der Waals surface area contributed by atoms with Crippen LogP contribution in [0.15, 0.2) is 5.38 Å². The Morgan fingerprint density at radius 2 is 2.26 bits per heavy atom. The van der Waals surface area contributed by atoms with Gasteiger partial charge in [-0.25, -0.2) is 4.98 Å². The summed E-state index contributed by atoms with van der Waals surface area (Å²) in [6, 6.07) is 0.590. The summed E-state index contributed by atoms with van der Waals surface area (Å²) < 4.78 is 0. The lowest BCUT2D eigenvalue weighted by molar-refractivity contribution is 0.545. The first-order chi connectivity index (χ1) is 9.28. The van der Waals surface area contributed by atoms with Crippen LogP contribution in [0.3, 0.4) is 0 Å². The molecule has 4 heteroatoms. The molecule has 1 atom stereocenters. The smallest absolute Gasteiger partial charge is 0.0897 e. The third kappa shape index (κ3) is 5.44. The van der Waals surface area contributed by atoms with Crippen LogP contribution in [0.1, 0.15) is 49.7 Å². The maximum atomic E-state index is 4.61. The Balaban J connectivity index is 1.79. The lowest BCUT2D eigenvalue weighted by Gasteiger charge is -2.19. The number of thiazole rings is 1. The first kappa shape index (κ1) is 15.3. The molecule has 1 fully saturated rings. The molecule has 1 unspecified atom stereocenters. The Morgan fingerprint density at radius 1 is 1.47 bits per heavy atom. The summed E-state index contributed by atoms with van der Waals surface area (Å²) >= 11 is 3.95. The molecular weight excluding hydrogens is 272 g/mol. The molecule has 2 rings (SSSR count). The molecule has 0 amide bonds. The molecule has 2 nitrogen and oxygen atoms in total. The Bertz CT molecular complexity index is 359. The third-order valence-electron chi connectivity index (χ3n) is 3.64. The van der Waals surface area contributed by atoms with Crippen LogP contribution < -0.4 is 5.32 Å². The third-order valence-corrected chi connectivity index (χ3v) is 6.00. The highest BCUT2D eigenvalue weighted by Gasteiger charge is 2.18. The van der Waals surface area contributed by atoms with E-state index in [0.717, 1.165) is 18.2 Å². The fraction of sp³-hybridized carbons (Fsp3) is 0.800. The molecule has 0 radical (unpaired) electrons. The largest absolute Gasteiger partial charge is 0.313 e. The van der Waals surface area contributed by atoms with Crippen LogP contribution in [0.25, 0.3) is 0 Å². The van der Waals surface area contributed by atoms with E-state index in [4.69, 9.17) is 0 Å². The van der Waals surface area contributed by atoms with Gasteiger partial charge in [0.05, 0.1) is 10.7 Å². The summed E-state index contributed by atoms with van der Waals surface area (Å²) in [5.41, 5.74) is 1.27. The summed E-state index contributed by atoms with van der Waals surface area (Å²) in [4.78, 5) is 4.61. The number of aryl methyl sites for hydroxylation is 1. The Labute approximate surface area is 125 Å². The van der Waals surface area contributed by atoms with E-state index in [1.165, 1.54) is 48.6 Å². The monoisotopic (exact) mass is 298 g/mol. The van der Waals surface area contributed by atoms with Gasteiger partial charge >= 0.3 is 0 Å². The van der Waals surface area contributed by atoms with Crippen LogP contribution in [-0.2, 0) is 6.42 Å². The van der Waals surface area contributed by atoms with E-state index < -0.39 is 0 Å². The van der Waals surface area contributed by atoms with Crippen LogP contribution in [0, 0.1) is 6.92 Å². The Hall–Kier alpha value is -0.0600. The highest BCUT2D eigenvalue weighted by molar-refractivity contribution is 7.99. The maximum Gasteiger partial charge on any atom is 0.0897 e. The molecular formula is C15H26N2S2. The van der Waals surface area contributed by atoms with Crippen molar-refractivity contribution in [2.75, 3.05) is 12.3 Å². The van der Waals surface area contributed by atoms with Crippen LogP contribution in [0.5, 0.6) is 0 Å². The highest BCUT2D eigenvalue weighted by Crippen LogP contribution is 2.30. The average molecular weight is 299 g/mol. The predicted molar refractivity (Wildman–Crippen MR) is 87.4 cm³/mol. The van der Waals surface area contributed by atoms with E-state index in [2.05, 4.69) is 41.3 Å². The predicted octanol–water partition coefficient (Wildman–Crippen LogP) is 4.04. The van der Waals surface area contributed by atoms with Gasteiger partial charge in [0.2, 0.25) is 0 Å². The van der Waals surface area contributed by atoms with Gasteiger partial charge in [0.1, 0.15) is 0 Å². The van der Waals surface area contributed by atoms with Gasteiger partial charge in [0.25, 0.3) is 0 Å². The topological polar surface area (TPSA) is 24.9 Å². The van der Waals surface area contributed by atoms with Gasteiger partial charge in [-0.15, -0.1) is 11.3 Å². The van der Waals surface area contributed by atoms with Gasteiger partial charge in [-0.3, -0.25) is 0 Å². The SMILES string of the molecule is CCCNC(CSC1CCCC1)Cc1csc(C)n1. The van der Waals surface area contributed by atoms with Gasteiger partial charge < -0.3 is 5.32 Å². The molecule has 0 bridgehead atoms. The van der Waals surface area contributed by atoms with Crippen molar-refractivity contribution in [2.24, 2.45) is 0 Å². The minimum absolute atomic E-state index is 0.590. The lowest BCUT2D eigenvalue weighted by Crippen LogP contribution is -2.34. The van der Waals surface area contributed by atoms with E-state index in [1.807, 2.05) is 0 Å². The minimum atomic E-state index is 0.590. The average Bonchev–Trinajstić information content (AvgIpc) is 3.04. The zero-order valence-electron chi connectivity index (χ0n) is 12.2. The van der Waals surface area contributed by atoms with Crippen LogP contribution >= 0.6 is 23.1 Å². The molecule has 1 aliphatic rings. The van der Waals surface area contributed by atoms with Crippen molar-refractivity contribution in [1.29, 1.82) is 0 Å². The van der Waals surface area contributed by atoms with Crippen LogP contribution in [0.4, 0.5) is 0 Å². The Morgan fingerprint density at radius 3 is 2.89 bits per heavy atom. The molecule has 1 N–H and O–H groups in total. The fourth-order valence-electron chi connectivity index (χ4n) is 2.60. The first-order valence-electron chi connectivity index (χ1n) is 7.54. The normalized spacial score (nSPS) is 18.0. The second-order valence-corrected chi connectivity index (χ2v) is 7.85. The van der Waals surface area contributed by atoms with E-state index in [1.54, 1.807) is 11.3 Å². The standard InChI is InChI=1S/C15H26N2S2/c1-3-8-16-13(9-14-11-18-12(2)17-14)10-19-15-6-4-5-7-15/h11,13,15-16H,3-10H2,1-2H3. The van der Waals surface area contributed by atoms with Crippen molar-refractivity contribution in [3.8, 4) is 0 Å². The second kappa shape index (κ2) is 8.28. The quantitative estimate of drug-likeness (QED) is 0.784. The summed E-state index contributed by atoms with van der Waals surface area (Å²) in [7, 11) is 0. The number of aromatic nitrogens is 1. The zero-order chi connectivity index (χ0) is 13.5. The molecule has 19 heavy (non-hydrogen) atoms.